The third-order valence-electron chi connectivity index (χ3n) is 14.2. The van der Waals surface area contributed by atoms with E-state index in [9.17, 15) is 14.4 Å². The van der Waals surface area contributed by atoms with E-state index in [2.05, 4.69) is 87.6 Å². The van der Waals surface area contributed by atoms with E-state index < -0.39 is 6.10 Å². The molecule has 0 aromatic carbocycles. The Kier molecular flexibility index (Phi) is 60.7. The number of hydrogen-bond acceptors (Lipinski definition) is 6. The normalized spacial score (nSPS) is 12.5. The van der Waals surface area contributed by atoms with Crippen molar-refractivity contribution in [3.8, 4) is 0 Å². The van der Waals surface area contributed by atoms with Crippen LogP contribution in [0.2, 0.25) is 0 Å². The summed E-state index contributed by atoms with van der Waals surface area (Å²) in [5, 5.41) is 0. The molecule has 0 amide bonds. The zero-order valence-electron chi connectivity index (χ0n) is 49.8. The number of ether oxygens (including phenoxy) is 3. The lowest BCUT2D eigenvalue weighted by Crippen LogP contribution is -2.30. The summed E-state index contributed by atoms with van der Waals surface area (Å²) in [6.45, 7) is 6.52. The van der Waals surface area contributed by atoms with Crippen LogP contribution in [0.5, 0.6) is 0 Å². The SMILES string of the molecule is CC/C=C\C/C=C\C/C=C\C/C=C\C/C=C\C/C=C\CCC(=O)OC[C@H](COC(=O)CCCCCCCCCCCCCCCCCCC)OC(=O)CCCCCCCCCCCCCCCCCCCCCCC. The van der Waals surface area contributed by atoms with E-state index in [1.807, 2.05) is 6.08 Å². The average Bonchev–Trinajstić information content (AvgIpc) is 3.41. The molecule has 75 heavy (non-hydrogen) atoms. The molecule has 0 aromatic rings. The highest BCUT2D eigenvalue weighted by atomic mass is 16.6. The van der Waals surface area contributed by atoms with Gasteiger partial charge in [-0.2, -0.15) is 0 Å². The van der Waals surface area contributed by atoms with Gasteiger partial charge in [-0.05, 0) is 57.8 Å². The van der Waals surface area contributed by atoms with Crippen molar-refractivity contribution in [3.05, 3.63) is 72.9 Å². The molecule has 6 heteroatoms. The number of esters is 3. The molecule has 0 unspecified atom stereocenters. The smallest absolute Gasteiger partial charge is 0.306 e. The van der Waals surface area contributed by atoms with Gasteiger partial charge in [0.15, 0.2) is 6.10 Å². The Morgan fingerprint density at radius 3 is 0.813 bits per heavy atom. The minimum atomic E-state index is -0.804. The number of carbonyl (C=O) groups excluding carboxylic acids is 3. The Hall–Kier alpha value is -3.15. The van der Waals surface area contributed by atoms with Crippen LogP contribution in [-0.2, 0) is 28.6 Å². The molecule has 0 radical (unpaired) electrons. The predicted octanol–water partition coefficient (Wildman–Crippen LogP) is 22.1. The Labute approximate surface area is 465 Å². The molecule has 0 spiro atoms. The monoisotopic (exact) mass is 1050 g/mol. The summed E-state index contributed by atoms with van der Waals surface area (Å²) in [5.41, 5.74) is 0. The van der Waals surface area contributed by atoms with Crippen LogP contribution in [0.15, 0.2) is 72.9 Å². The van der Waals surface area contributed by atoms with Gasteiger partial charge in [-0.15, -0.1) is 0 Å². The topological polar surface area (TPSA) is 78.9 Å². The molecule has 434 valence electrons. The van der Waals surface area contributed by atoms with Gasteiger partial charge in [0.25, 0.3) is 0 Å². The first-order valence-electron chi connectivity index (χ1n) is 32.4. The zero-order valence-corrected chi connectivity index (χ0v) is 49.8. The molecular weight excluding hydrogens is 925 g/mol. The summed E-state index contributed by atoms with van der Waals surface area (Å²) in [4.78, 5) is 38.3. The molecule has 0 saturated carbocycles. The quantitative estimate of drug-likeness (QED) is 0.0261. The van der Waals surface area contributed by atoms with Crippen molar-refractivity contribution in [2.24, 2.45) is 0 Å². The molecular formula is C69H122O6. The lowest BCUT2D eigenvalue weighted by atomic mass is 10.0. The lowest BCUT2D eigenvalue weighted by molar-refractivity contribution is -0.166. The van der Waals surface area contributed by atoms with Gasteiger partial charge in [0.05, 0.1) is 0 Å². The maximum Gasteiger partial charge on any atom is 0.306 e. The molecule has 0 rings (SSSR count). The molecule has 1 atom stereocenters. The van der Waals surface area contributed by atoms with Crippen molar-refractivity contribution < 1.29 is 28.6 Å². The lowest BCUT2D eigenvalue weighted by Gasteiger charge is -2.18. The molecule has 0 aliphatic rings. The minimum absolute atomic E-state index is 0.0940. The second-order valence-corrected chi connectivity index (χ2v) is 21.7. The standard InChI is InChI=1S/C69H122O6/c1-4-7-10-13-16-19-22-25-28-31-33-34-36-39-42-45-48-51-54-57-60-63-69(72)75-66(64-73-67(70)61-58-55-52-49-46-43-40-37-30-27-24-21-18-15-12-9-6-3)65-74-68(71)62-59-56-53-50-47-44-41-38-35-32-29-26-23-20-17-14-11-8-5-2/h8,11,17,20,26,29,35,38,44,47,53,56,66H,4-7,9-10,12-16,18-19,21-25,27-28,30-34,36-37,39-43,45-46,48-52,54-55,57-65H2,1-3H3/b11-8-,20-17-,29-26-,38-35-,47-44-,56-53-/t66-/m0/s1. The predicted molar refractivity (Wildman–Crippen MR) is 325 cm³/mol. The minimum Gasteiger partial charge on any atom is -0.462 e. The first-order valence-corrected chi connectivity index (χ1v) is 32.4. The van der Waals surface area contributed by atoms with Crippen LogP contribution >= 0.6 is 0 Å². The van der Waals surface area contributed by atoms with Gasteiger partial charge in [-0.3, -0.25) is 14.4 Å². The fourth-order valence-electron chi connectivity index (χ4n) is 9.41. The molecule has 0 saturated heterocycles. The van der Waals surface area contributed by atoms with E-state index in [0.717, 1.165) is 77.0 Å². The van der Waals surface area contributed by atoms with Gasteiger partial charge in [-0.1, -0.05) is 325 Å². The largest absolute Gasteiger partial charge is 0.462 e. The number of unbranched alkanes of at least 4 members (excludes halogenated alkanes) is 36. The van der Waals surface area contributed by atoms with Crippen molar-refractivity contribution in [1.29, 1.82) is 0 Å². The van der Waals surface area contributed by atoms with Crippen LogP contribution in [0, 0.1) is 0 Å². The van der Waals surface area contributed by atoms with Crippen LogP contribution in [0.1, 0.15) is 329 Å². The van der Waals surface area contributed by atoms with Gasteiger partial charge < -0.3 is 14.2 Å². The van der Waals surface area contributed by atoms with Crippen LogP contribution in [0.4, 0.5) is 0 Å². The highest BCUT2D eigenvalue weighted by Crippen LogP contribution is 2.18. The van der Waals surface area contributed by atoms with Gasteiger partial charge in [-0.25, -0.2) is 0 Å². The van der Waals surface area contributed by atoms with Crippen LogP contribution in [0.3, 0.4) is 0 Å². The molecule has 0 fully saturated rings. The second-order valence-electron chi connectivity index (χ2n) is 21.7. The van der Waals surface area contributed by atoms with E-state index in [0.29, 0.717) is 19.3 Å². The maximum atomic E-state index is 12.9. The second kappa shape index (κ2) is 63.4. The van der Waals surface area contributed by atoms with Crippen LogP contribution < -0.4 is 0 Å². The fourth-order valence-corrected chi connectivity index (χ4v) is 9.41. The van der Waals surface area contributed by atoms with Gasteiger partial charge in [0.2, 0.25) is 0 Å². The molecule has 0 N–H and O–H groups in total. The average molecular weight is 1050 g/mol. The van der Waals surface area contributed by atoms with Crippen LogP contribution in [0.25, 0.3) is 0 Å². The highest BCUT2D eigenvalue weighted by Gasteiger charge is 2.19. The summed E-state index contributed by atoms with van der Waals surface area (Å²) in [5.74, 6) is -0.962. The number of allylic oxidation sites excluding steroid dienone is 12. The summed E-state index contributed by atoms with van der Waals surface area (Å²) >= 11 is 0. The first kappa shape index (κ1) is 71.8. The molecule has 6 nitrogen and oxygen atoms in total. The highest BCUT2D eigenvalue weighted by molar-refractivity contribution is 5.71. The Balaban J connectivity index is 4.43. The third kappa shape index (κ3) is 61.6. The van der Waals surface area contributed by atoms with Gasteiger partial charge in [0, 0.05) is 19.3 Å². The maximum absolute atomic E-state index is 12.9. The van der Waals surface area contributed by atoms with Crippen molar-refractivity contribution >= 4 is 17.9 Å². The fraction of sp³-hybridized carbons (Fsp3) is 0.783. The number of rotatable bonds is 59. The summed E-state index contributed by atoms with van der Waals surface area (Å²) < 4.78 is 16.9. The Bertz CT molecular complexity index is 1390. The van der Waals surface area contributed by atoms with Gasteiger partial charge >= 0.3 is 17.9 Å². The molecule has 0 aromatic heterocycles. The van der Waals surface area contributed by atoms with Crippen molar-refractivity contribution in [2.75, 3.05) is 13.2 Å². The van der Waals surface area contributed by atoms with E-state index in [4.69, 9.17) is 14.2 Å². The van der Waals surface area contributed by atoms with Crippen LogP contribution in [-0.4, -0.2) is 37.2 Å². The Morgan fingerprint density at radius 2 is 0.520 bits per heavy atom. The summed E-state index contributed by atoms with van der Waals surface area (Å²) in [6.07, 6.45) is 82.1. The summed E-state index contributed by atoms with van der Waals surface area (Å²) in [6, 6.07) is 0. The van der Waals surface area contributed by atoms with Crippen molar-refractivity contribution in [3.63, 3.8) is 0 Å². The first-order chi connectivity index (χ1) is 37.0. The zero-order chi connectivity index (χ0) is 54.3. The van der Waals surface area contributed by atoms with Crippen molar-refractivity contribution in [1.82, 2.24) is 0 Å². The molecule has 0 aliphatic carbocycles. The Morgan fingerprint density at radius 1 is 0.280 bits per heavy atom. The molecule has 0 bridgehead atoms. The van der Waals surface area contributed by atoms with E-state index in [1.165, 1.54) is 205 Å². The number of carbonyl (C=O) groups is 3. The van der Waals surface area contributed by atoms with E-state index >= 15 is 0 Å². The van der Waals surface area contributed by atoms with Gasteiger partial charge in [0.1, 0.15) is 13.2 Å². The van der Waals surface area contributed by atoms with E-state index in [1.54, 1.807) is 0 Å². The molecule has 0 aliphatic heterocycles. The molecule has 0 heterocycles. The third-order valence-corrected chi connectivity index (χ3v) is 14.2. The summed E-state index contributed by atoms with van der Waals surface area (Å²) in [7, 11) is 0. The number of hydrogen-bond donors (Lipinski definition) is 0. The van der Waals surface area contributed by atoms with Crippen molar-refractivity contribution in [2.45, 2.75) is 335 Å². The van der Waals surface area contributed by atoms with E-state index in [-0.39, 0.29) is 37.5 Å².